The van der Waals surface area contributed by atoms with E-state index in [1.54, 1.807) is 0 Å². The lowest BCUT2D eigenvalue weighted by Gasteiger charge is -2.40. The molecule has 0 saturated heterocycles. The van der Waals surface area contributed by atoms with Crippen LogP contribution in [-0.4, -0.2) is 13.4 Å². The van der Waals surface area contributed by atoms with Gasteiger partial charge in [-0.15, -0.1) is 0 Å². The molecule has 1 unspecified atom stereocenters. The zero-order chi connectivity index (χ0) is 19.5. The third-order valence-electron chi connectivity index (χ3n) is 5.19. The van der Waals surface area contributed by atoms with Gasteiger partial charge in [-0.3, -0.25) is 0 Å². The van der Waals surface area contributed by atoms with Crippen LogP contribution in [-0.2, 0) is 17.5 Å². The summed E-state index contributed by atoms with van der Waals surface area (Å²) in [5.41, 5.74) is 2.88. The van der Waals surface area contributed by atoms with Crippen LogP contribution in [0.1, 0.15) is 43.6 Å². The second-order valence-electron chi connectivity index (χ2n) is 8.18. The molecule has 0 aliphatic carbocycles. The highest BCUT2D eigenvalue weighted by Gasteiger charge is 2.40. The van der Waals surface area contributed by atoms with E-state index in [1.807, 2.05) is 42.5 Å². The first-order valence-electron chi connectivity index (χ1n) is 8.85. The van der Waals surface area contributed by atoms with Crippen molar-refractivity contribution in [2.45, 2.75) is 58.0 Å². The lowest BCUT2D eigenvalue weighted by molar-refractivity contribution is 0.184. The van der Waals surface area contributed by atoms with Crippen LogP contribution in [0, 0.1) is 0 Å². The Labute approximate surface area is 168 Å². The second-order valence-corrected chi connectivity index (χ2v) is 13.8. The van der Waals surface area contributed by atoms with E-state index >= 15 is 0 Å². The minimum absolute atomic E-state index is 0.0422. The molecule has 0 aliphatic rings. The topological polar surface area (TPSA) is 29.5 Å². The minimum Gasteiger partial charge on any atom is -0.409 e. The molecule has 26 heavy (non-hydrogen) atoms. The molecule has 0 aliphatic heterocycles. The maximum Gasteiger partial charge on any atom is 0.192 e. The van der Waals surface area contributed by atoms with Gasteiger partial charge in [0, 0.05) is 22.0 Å². The number of aliphatic hydroxyl groups excluding tert-OH is 1. The summed E-state index contributed by atoms with van der Waals surface area (Å²) < 4.78 is 6.73. The van der Waals surface area contributed by atoms with Crippen LogP contribution in [0.3, 0.4) is 0 Å². The normalized spacial score (nSPS) is 13.7. The van der Waals surface area contributed by atoms with Gasteiger partial charge in [0.25, 0.3) is 0 Å². The number of aliphatic hydroxyl groups is 1. The van der Waals surface area contributed by atoms with Crippen molar-refractivity contribution >= 4 is 31.5 Å². The first-order valence-corrected chi connectivity index (χ1v) is 12.5. The summed E-state index contributed by atoms with van der Waals surface area (Å²) >= 11 is 13.0. The molecule has 2 aromatic rings. The molecule has 0 aromatic heterocycles. The minimum atomic E-state index is -2.03. The van der Waals surface area contributed by atoms with E-state index in [0.717, 1.165) is 16.7 Å². The molecule has 0 bridgehead atoms. The van der Waals surface area contributed by atoms with E-state index in [0.29, 0.717) is 16.5 Å². The molecule has 5 heteroatoms. The summed E-state index contributed by atoms with van der Waals surface area (Å²) in [4.78, 5) is 0. The fourth-order valence-electron chi connectivity index (χ4n) is 2.55. The van der Waals surface area contributed by atoms with Gasteiger partial charge in [-0.05, 0) is 41.4 Å². The number of rotatable bonds is 6. The van der Waals surface area contributed by atoms with Gasteiger partial charge in [-0.1, -0.05) is 74.3 Å². The van der Waals surface area contributed by atoms with E-state index in [-0.39, 0.29) is 17.7 Å². The summed E-state index contributed by atoms with van der Waals surface area (Å²) in [7, 11) is -2.03. The molecule has 0 heterocycles. The van der Waals surface area contributed by atoms with Gasteiger partial charge in [0.05, 0.1) is 12.7 Å². The molecule has 0 saturated carbocycles. The highest BCUT2D eigenvalue weighted by atomic mass is 35.5. The van der Waals surface area contributed by atoms with Crippen molar-refractivity contribution in [1.82, 2.24) is 0 Å². The van der Waals surface area contributed by atoms with Gasteiger partial charge in [-0.2, -0.15) is 0 Å². The van der Waals surface area contributed by atoms with Gasteiger partial charge in [-0.25, -0.2) is 0 Å². The lowest BCUT2D eigenvalue weighted by atomic mass is 10.0. The Hall–Kier alpha value is -0.843. The van der Waals surface area contributed by atoms with Gasteiger partial charge >= 0.3 is 0 Å². The number of hydrogen-bond donors (Lipinski definition) is 1. The van der Waals surface area contributed by atoms with Crippen molar-refractivity contribution < 1.29 is 9.53 Å². The molecule has 1 N–H and O–H groups in total. The fourth-order valence-corrected chi connectivity index (χ4v) is 4.46. The van der Waals surface area contributed by atoms with Crippen molar-refractivity contribution in [3.63, 3.8) is 0 Å². The lowest BCUT2D eigenvalue weighted by Crippen LogP contribution is -2.42. The summed E-state index contributed by atoms with van der Waals surface area (Å²) in [6, 6.07) is 13.5. The third-order valence-corrected chi connectivity index (χ3v) is 10.3. The van der Waals surface area contributed by atoms with Gasteiger partial charge < -0.3 is 9.53 Å². The molecule has 1 atom stereocenters. The number of halogens is 2. The number of hydrogen-bond acceptors (Lipinski definition) is 2. The molecule has 0 radical (unpaired) electrons. The molecule has 142 valence electrons. The van der Waals surface area contributed by atoms with Crippen molar-refractivity contribution in [3.05, 3.63) is 69.2 Å². The Kier molecular flexibility index (Phi) is 6.97. The first kappa shape index (κ1) is 21.5. The Morgan fingerprint density at radius 2 is 1.46 bits per heavy atom. The number of benzene rings is 2. The Morgan fingerprint density at radius 3 is 1.92 bits per heavy atom. The SMILES string of the molecule is CC(C)(C)[Si](C)(C)OC(Cc1ccc(CO)cc1)c1c(Cl)cccc1Cl. The predicted octanol–water partition coefficient (Wildman–Crippen LogP) is 6.79. The smallest absolute Gasteiger partial charge is 0.192 e. The fraction of sp³-hybridized carbons (Fsp3) is 0.429. The first-order chi connectivity index (χ1) is 12.0. The zero-order valence-corrected chi connectivity index (χ0v) is 18.7. The Balaban J connectivity index is 2.41. The average molecular weight is 411 g/mol. The van der Waals surface area contributed by atoms with Crippen LogP contribution in [0.25, 0.3) is 0 Å². The molecular formula is C21H28Cl2O2Si. The zero-order valence-electron chi connectivity index (χ0n) is 16.1. The van der Waals surface area contributed by atoms with Crippen LogP contribution >= 0.6 is 23.2 Å². The highest BCUT2D eigenvalue weighted by Crippen LogP contribution is 2.43. The molecular weight excluding hydrogens is 383 g/mol. The quantitative estimate of drug-likeness (QED) is 0.530. The van der Waals surface area contributed by atoms with E-state index in [9.17, 15) is 5.11 Å². The van der Waals surface area contributed by atoms with E-state index < -0.39 is 8.32 Å². The highest BCUT2D eigenvalue weighted by molar-refractivity contribution is 6.74. The monoisotopic (exact) mass is 410 g/mol. The molecule has 2 nitrogen and oxygen atoms in total. The van der Waals surface area contributed by atoms with Crippen LogP contribution in [0.15, 0.2) is 42.5 Å². The van der Waals surface area contributed by atoms with E-state index in [2.05, 4.69) is 33.9 Å². The predicted molar refractivity (Wildman–Crippen MR) is 114 cm³/mol. The molecule has 2 aromatic carbocycles. The van der Waals surface area contributed by atoms with Crippen LogP contribution in [0.2, 0.25) is 28.2 Å². The van der Waals surface area contributed by atoms with Crippen molar-refractivity contribution in [2.75, 3.05) is 0 Å². The van der Waals surface area contributed by atoms with Gasteiger partial charge in [0.15, 0.2) is 8.32 Å². The largest absolute Gasteiger partial charge is 0.409 e. The maximum atomic E-state index is 9.25. The van der Waals surface area contributed by atoms with Gasteiger partial charge in [0.2, 0.25) is 0 Å². The van der Waals surface area contributed by atoms with E-state index in [4.69, 9.17) is 27.6 Å². The summed E-state index contributed by atoms with van der Waals surface area (Å²) in [6.45, 7) is 11.2. The Bertz CT molecular complexity index is 716. The molecule has 0 amide bonds. The third kappa shape index (κ3) is 5.11. The van der Waals surface area contributed by atoms with E-state index in [1.165, 1.54) is 0 Å². The summed E-state index contributed by atoms with van der Waals surface area (Å²) in [5, 5.41) is 10.6. The molecule has 0 spiro atoms. The van der Waals surface area contributed by atoms with Crippen molar-refractivity contribution in [1.29, 1.82) is 0 Å². The van der Waals surface area contributed by atoms with Crippen LogP contribution in [0.4, 0.5) is 0 Å². The van der Waals surface area contributed by atoms with Gasteiger partial charge in [0.1, 0.15) is 0 Å². The summed E-state index contributed by atoms with van der Waals surface area (Å²) in [6.07, 6.45) is 0.471. The van der Waals surface area contributed by atoms with Crippen molar-refractivity contribution in [3.8, 4) is 0 Å². The maximum absolute atomic E-state index is 9.25. The standard InChI is InChI=1S/C21H28Cl2O2Si/c1-21(2,3)26(4,5)25-19(20-17(22)7-6-8-18(20)23)13-15-9-11-16(14-24)12-10-15/h6-12,19,24H,13-14H2,1-5H3. The van der Waals surface area contributed by atoms with Crippen LogP contribution < -0.4 is 0 Å². The van der Waals surface area contributed by atoms with Crippen molar-refractivity contribution in [2.24, 2.45) is 0 Å². The molecule has 2 rings (SSSR count). The van der Waals surface area contributed by atoms with Crippen LogP contribution in [0.5, 0.6) is 0 Å². The second kappa shape index (κ2) is 8.45. The summed E-state index contributed by atoms with van der Waals surface area (Å²) in [5.74, 6) is 0. The average Bonchev–Trinajstić information content (AvgIpc) is 2.54. The molecule has 0 fully saturated rings. The Morgan fingerprint density at radius 1 is 0.962 bits per heavy atom.